The molecule has 0 saturated heterocycles. The molecule has 3 nitrogen and oxygen atoms in total. The van der Waals surface area contributed by atoms with Crippen LogP contribution in [-0.4, -0.2) is 12.2 Å². The van der Waals surface area contributed by atoms with Crippen LogP contribution in [0.2, 0.25) is 5.02 Å². The number of hydrogen-bond acceptors (Lipinski definition) is 3. The zero-order chi connectivity index (χ0) is 13.8. The number of ether oxygens (including phenoxy) is 1. The second-order valence-corrected chi connectivity index (χ2v) is 5.64. The van der Waals surface area contributed by atoms with E-state index >= 15 is 0 Å². The van der Waals surface area contributed by atoms with Crippen LogP contribution in [0.3, 0.4) is 0 Å². The number of halogens is 2. The number of nitrogens with one attached hydrogen (secondary N) is 1. The minimum atomic E-state index is 0.135. The quantitative estimate of drug-likeness (QED) is 0.767. The standard InChI is InChI=1S/C14H13ClINO2/c1-19-14-5-2-9(6-13(14)18)8-17-12-4-3-10(16)7-11(12)15/h2-7,17-18H,8H2,1H3. The summed E-state index contributed by atoms with van der Waals surface area (Å²) in [7, 11) is 1.53. The predicted octanol–water partition coefficient (Wildman–Crippen LogP) is 4.27. The van der Waals surface area contributed by atoms with Crippen LogP contribution in [0, 0.1) is 3.57 Å². The van der Waals surface area contributed by atoms with E-state index in [1.165, 1.54) is 7.11 Å². The molecule has 0 fully saturated rings. The topological polar surface area (TPSA) is 41.5 Å². The molecule has 2 rings (SSSR count). The fourth-order valence-corrected chi connectivity index (χ4v) is 2.60. The molecule has 100 valence electrons. The summed E-state index contributed by atoms with van der Waals surface area (Å²) < 4.78 is 6.10. The van der Waals surface area contributed by atoms with E-state index in [9.17, 15) is 5.11 Å². The summed E-state index contributed by atoms with van der Waals surface area (Å²) in [5, 5.41) is 13.6. The molecule has 2 N–H and O–H groups in total. The van der Waals surface area contributed by atoms with Gasteiger partial charge in [0.2, 0.25) is 0 Å². The first-order chi connectivity index (χ1) is 9.10. The van der Waals surface area contributed by atoms with Crippen molar-refractivity contribution in [1.82, 2.24) is 0 Å². The van der Waals surface area contributed by atoms with Crippen molar-refractivity contribution in [1.29, 1.82) is 0 Å². The normalized spacial score (nSPS) is 10.3. The molecule has 0 unspecified atom stereocenters. The smallest absolute Gasteiger partial charge is 0.160 e. The minimum absolute atomic E-state index is 0.135. The number of benzene rings is 2. The molecule has 19 heavy (non-hydrogen) atoms. The van der Waals surface area contributed by atoms with Gasteiger partial charge in [-0.15, -0.1) is 0 Å². The van der Waals surface area contributed by atoms with Crippen LogP contribution < -0.4 is 10.1 Å². The lowest BCUT2D eigenvalue weighted by atomic mass is 10.2. The molecule has 0 heterocycles. The third kappa shape index (κ3) is 3.67. The predicted molar refractivity (Wildman–Crippen MR) is 86.2 cm³/mol. The molecule has 0 bridgehead atoms. The summed E-state index contributed by atoms with van der Waals surface area (Å²) in [6.07, 6.45) is 0. The summed E-state index contributed by atoms with van der Waals surface area (Å²) in [5.74, 6) is 0.603. The molecule has 0 aliphatic carbocycles. The van der Waals surface area contributed by atoms with E-state index in [4.69, 9.17) is 16.3 Å². The van der Waals surface area contributed by atoms with Crippen molar-refractivity contribution in [2.24, 2.45) is 0 Å². The average Bonchev–Trinajstić information content (AvgIpc) is 2.38. The first kappa shape index (κ1) is 14.3. The first-order valence-corrected chi connectivity index (χ1v) is 7.10. The zero-order valence-corrected chi connectivity index (χ0v) is 13.2. The number of phenolic OH excluding ortho intramolecular Hbond substituents is 1. The van der Waals surface area contributed by atoms with Crippen LogP contribution in [0.25, 0.3) is 0 Å². The van der Waals surface area contributed by atoms with Crippen molar-refractivity contribution < 1.29 is 9.84 Å². The van der Waals surface area contributed by atoms with E-state index < -0.39 is 0 Å². The molecule has 2 aromatic carbocycles. The third-order valence-electron chi connectivity index (χ3n) is 2.66. The largest absolute Gasteiger partial charge is 0.504 e. The number of anilines is 1. The minimum Gasteiger partial charge on any atom is -0.504 e. The zero-order valence-electron chi connectivity index (χ0n) is 10.3. The van der Waals surface area contributed by atoms with E-state index in [2.05, 4.69) is 27.9 Å². The Bertz CT molecular complexity index is 590. The third-order valence-corrected chi connectivity index (χ3v) is 3.64. The molecule has 0 spiro atoms. The van der Waals surface area contributed by atoms with Crippen molar-refractivity contribution in [3.8, 4) is 11.5 Å². The highest BCUT2D eigenvalue weighted by atomic mass is 127. The fraction of sp³-hybridized carbons (Fsp3) is 0.143. The molecular weight excluding hydrogens is 377 g/mol. The Kier molecular flexibility index (Phi) is 4.76. The molecule has 0 amide bonds. The van der Waals surface area contributed by atoms with Gasteiger partial charge in [0.1, 0.15) is 0 Å². The maximum Gasteiger partial charge on any atom is 0.160 e. The second-order valence-electron chi connectivity index (χ2n) is 3.98. The van der Waals surface area contributed by atoms with Gasteiger partial charge in [0.25, 0.3) is 0 Å². The number of rotatable bonds is 4. The highest BCUT2D eigenvalue weighted by molar-refractivity contribution is 14.1. The summed E-state index contributed by atoms with van der Waals surface area (Å²) in [4.78, 5) is 0. The summed E-state index contributed by atoms with van der Waals surface area (Å²) in [6, 6.07) is 11.1. The number of aromatic hydroxyl groups is 1. The molecule has 5 heteroatoms. The Morgan fingerprint density at radius 2 is 2.05 bits per heavy atom. The summed E-state index contributed by atoms with van der Waals surface area (Å²) >= 11 is 8.35. The van der Waals surface area contributed by atoms with Gasteiger partial charge in [0.05, 0.1) is 17.8 Å². The lowest BCUT2D eigenvalue weighted by Crippen LogP contribution is -2.00. The molecular formula is C14H13ClINO2. The highest BCUT2D eigenvalue weighted by Gasteiger charge is 2.04. The van der Waals surface area contributed by atoms with Crippen LogP contribution in [-0.2, 0) is 6.54 Å². The fourth-order valence-electron chi connectivity index (χ4n) is 1.68. The average molecular weight is 390 g/mol. The van der Waals surface area contributed by atoms with Crippen molar-refractivity contribution in [2.75, 3.05) is 12.4 Å². The van der Waals surface area contributed by atoms with Gasteiger partial charge in [-0.3, -0.25) is 0 Å². The Morgan fingerprint density at radius 3 is 2.68 bits per heavy atom. The Labute approximate surface area is 130 Å². The van der Waals surface area contributed by atoms with Crippen LogP contribution in [0.4, 0.5) is 5.69 Å². The Hall–Kier alpha value is -1.14. The molecule has 0 atom stereocenters. The van der Waals surface area contributed by atoms with Gasteiger partial charge in [-0.25, -0.2) is 0 Å². The lowest BCUT2D eigenvalue weighted by molar-refractivity contribution is 0.373. The molecule has 0 aromatic heterocycles. The van der Waals surface area contributed by atoms with Gasteiger partial charge in [0.15, 0.2) is 11.5 Å². The molecule has 0 aliphatic rings. The highest BCUT2D eigenvalue weighted by Crippen LogP contribution is 2.28. The van der Waals surface area contributed by atoms with E-state index in [0.717, 1.165) is 14.8 Å². The number of hydrogen-bond donors (Lipinski definition) is 2. The van der Waals surface area contributed by atoms with Crippen LogP contribution in [0.5, 0.6) is 11.5 Å². The molecule has 0 radical (unpaired) electrons. The molecule has 0 aliphatic heterocycles. The van der Waals surface area contributed by atoms with Gasteiger partial charge in [-0.05, 0) is 58.5 Å². The maximum absolute atomic E-state index is 9.70. The lowest BCUT2D eigenvalue weighted by Gasteiger charge is -2.10. The van der Waals surface area contributed by atoms with Crippen LogP contribution in [0.1, 0.15) is 5.56 Å². The SMILES string of the molecule is COc1ccc(CNc2ccc(I)cc2Cl)cc1O. The van der Waals surface area contributed by atoms with Gasteiger partial charge in [0, 0.05) is 10.1 Å². The van der Waals surface area contributed by atoms with Crippen molar-refractivity contribution in [2.45, 2.75) is 6.54 Å². The second kappa shape index (κ2) is 6.34. The van der Waals surface area contributed by atoms with Gasteiger partial charge in [-0.2, -0.15) is 0 Å². The molecule has 2 aromatic rings. The maximum atomic E-state index is 9.70. The first-order valence-electron chi connectivity index (χ1n) is 5.65. The van der Waals surface area contributed by atoms with E-state index in [1.54, 1.807) is 12.1 Å². The van der Waals surface area contributed by atoms with Gasteiger partial charge >= 0.3 is 0 Å². The van der Waals surface area contributed by atoms with Crippen molar-refractivity contribution >= 4 is 39.9 Å². The summed E-state index contributed by atoms with van der Waals surface area (Å²) in [6.45, 7) is 0.581. The van der Waals surface area contributed by atoms with Gasteiger partial charge < -0.3 is 15.2 Å². The van der Waals surface area contributed by atoms with Crippen LogP contribution >= 0.6 is 34.2 Å². The molecule has 0 saturated carbocycles. The van der Waals surface area contributed by atoms with Crippen molar-refractivity contribution in [3.63, 3.8) is 0 Å². The van der Waals surface area contributed by atoms with Crippen molar-refractivity contribution in [3.05, 3.63) is 50.6 Å². The van der Waals surface area contributed by atoms with Gasteiger partial charge in [-0.1, -0.05) is 17.7 Å². The van der Waals surface area contributed by atoms with E-state index in [1.807, 2.05) is 24.3 Å². The van der Waals surface area contributed by atoms with E-state index in [-0.39, 0.29) is 5.75 Å². The Morgan fingerprint density at radius 1 is 1.26 bits per heavy atom. The summed E-state index contributed by atoms with van der Waals surface area (Å²) in [5.41, 5.74) is 1.82. The number of methoxy groups -OCH3 is 1. The van der Waals surface area contributed by atoms with Crippen LogP contribution in [0.15, 0.2) is 36.4 Å². The number of phenols is 1. The van der Waals surface area contributed by atoms with E-state index in [0.29, 0.717) is 17.3 Å². The monoisotopic (exact) mass is 389 g/mol. The Balaban J connectivity index is 2.08.